The number of carbonyl (C=O) groups is 2. The van der Waals surface area contributed by atoms with Gasteiger partial charge in [0.15, 0.2) is 0 Å². The van der Waals surface area contributed by atoms with Gasteiger partial charge in [0.05, 0.1) is 11.7 Å². The zero-order valence-electron chi connectivity index (χ0n) is 15.1. The molecule has 1 fully saturated rings. The van der Waals surface area contributed by atoms with E-state index in [1.807, 2.05) is 30.3 Å². The Morgan fingerprint density at radius 3 is 2.52 bits per heavy atom. The number of phenolic OH excluding ortho intramolecular Hbond substituents is 1. The van der Waals surface area contributed by atoms with Crippen LogP contribution in [0.15, 0.2) is 48.5 Å². The molecule has 3 N–H and O–H groups in total. The molecule has 1 amide bonds. The number of rotatable bonds is 4. The van der Waals surface area contributed by atoms with Crippen molar-refractivity contribution in [2.24, 2.45) is 5.41 Å². The van der Waals surface area contributed by atoms with E-state index in [0.717, 1.165) is 11.1 Å². The van der Waals surface area contributed by atoms with Gasteiger partial charge in [-0.05, 0) is 43.0 Å². The number of carboxylic acids is 1. The second-order valence-electron chi connectivity index (χ2n) is 7.18. The number of amides is 1. The lowest BCUT2D eigenvalue weighted by Gasteiger charge is -2.43. The fourth-order valence-corrected chi connectivity index (χ4v) is 3.67. The molecule has 2 atom stereocenters. The Labute approximate surface area is 157 Å². The molecular weight excluding hydrogens is 346 g/mol. The monoisotopic (exact) mass is 369 g/mol. The molecule has 0 bridgehead atoms. The molecule has 3 rings (SSSR count). The summed E-state index contributed by atoms with van der Waals surface area (Å²) in [5.74, 6) is -1.70. The van der Waals surface area contributed by atoms with E-state index >= 15 is 0 Å². The molecule has 0 unspecified atom stereocenters. The number of hydrogen-bond donors (Lipinski definition) is 3. The first-order valence-electron chi connectivity index (χ1n) is 8.88. The van der Waals surface area contributed by atoms with Crippen molar-refractivity contribution in [3.05, 3.63) is 65.2 Å². The average Bonchev–Trinajstić information content (AvgIpc) is 2.64. The van der Waals surface area contributed by atoms with Crippen LogP contribution in [0.1, 0.15) is 27.9 Å². The molecule has 1 aliphatic heterocycles. The van der Waals surface area contributed by atoms with Crippen molar-refractivity contribution in [1.29, 1.82) is 0 Å². The molecule has 142 valence electrons. The number of aryl methyl sites for hydroxylation is 1. The standard InChI is InChI=1S/C21H23NO5/c1-14-7-8-16(17(23)11-14)19(25)22-10-9-18(24)21(13-22,20(26)27)12-15-5-3-2-4-6-15/h2-8,11,18,23-24H,9-10,12-13H2,1H3,(H,26,27)/t18-,21+/m0/s1. The summed E-state index contributed by atoms with van der Waals surface area (Å²) in [6.45, 7) is 1.92. The fourth-order valence-electron chi connectivity index (χ4n) is 3.67. The Kier molecular flexibility index (Phi) is 5.19. The van der Waals surface area contributed by atoms with Crippen molar-refractivity contribution in [3.63, 3.8) is 0 Å². The first kappa shape index (κ1) is 18.9. The number of likely N-dealkylation sites (tertiary alicyclic amines) is 1. The minimum atomic E-state index is -1.49. The molecule has 2 aromatic carbocycles. The fraction of sp³-hybridized carbons (Fsp3) is 0.333. The van der Waals surface area contributed by atoms with Crippen LogP contribution >= 0.6 is 0 Å². The number of aliphatic carboxylic acids is 1. The van der Waals surface area contributed by atoms with Gasteiger partial charge in [-0.2, -0.15) is 0 Å². The number of aliphatic hydroxyl groups excluding tert-OH is 1. The molecule has 6 heteroatoms. The van der Waals surface area contributed by atoms with Crippen LogP contribution in [0.2, 0.25) is 0 Å². The summed E-state index contributed by atoms with van der Waals surface area (Å²) in [5.41, 5.74) is 0.250. The highest BCUT2D eigenvalue weighted by atomic mass is 16.4. The molecule has 0 spiro atoms. The molecule has 6 nitrogen and oxygen atoms in total. The van der Waals surface area contributed by atoms with E-state index in [2.05, 4.69) is 0 Å². The van der Waals surface area contributed by atoms with E-state index in [1.54, 1.807) is 13.0 Å². The minimum Gasteiger partial charge on any atom is -0.507 e. The van der Waals surface area contributed by atoms with Crippen LogP contribution < -0.4 is 0 Å². The van der Waals surface area contributed by atoms with Gasteiger partial charge in [-0.3, -0.25) is 9.59 Å². The second kappa shape index (κ2) is 7.40. The number of hydrogen-bond acceptors (Lipinski definition) is 4. The van der Waals surface area contributed by atoms with Gasteiger partial charge in [-0.1, -0.05) is 36.4 Å². The summed E-state index contributed by atoms with van der Waals surface area (Å²) in [6.07, 6.45) is -0.781. The van der Waals surface area contributed by atoms with Crippen LogP contribution in [0.25, 0.3) is 0 Å². The lowest BCUT2D eigenvalue weighted by Crippen LogP contribution is -2.58. The summed E-state index contributed by atoms with van der Waals surface area (Å²) < 4.78 is 0. The Morgan fingerprint density at radius 2 is 1.89 bits per heavy atom. The van der Waals surface area contributed by atoms with Crippen molar-refractivity contribution in [2.45, 2.75) is 25.9 Å². The van der Waals surface area contributed by atoms with E-state index < -0.39 is 23.4 Å². The molecule has 0 radical (unpaired) electrons. The van der Waals surface area contributed by atoms with Crippen LogP contribution in [0.4, 0.5) is 0 Å². The maximum atomic E-state index is 12.9. The predicted molar refractivity (Wildman–Crippen MR) is 99.6 cm³/mol. The third kappa shape index (κ3) is 3.66. The Balaban J connectivity index is 1.91. The first-order valence-corrected chi connectivity index (χ1v) is 8.88. The highest BCUT2D eigenvalue weighted by molar-refractivity contribution is 5.97. The van der Waals surface area contributed by atoms with Gasteiger partial charge < -0.3 is 20.2 Å². The number of piperidine rings is 1. The molecule has 2 aromatic rings. The third-order valence-corrected chi connectivity index (χ3v) is 5.24. The largest absolute Gasteiger partial charge is 0.507 e. The lowest BCUT2D eigenvalue weighted by molar-refractivity contribution is -0.161. The van der Waals surface area contributed by atoms with Gasteiger partial charge in [0.1, 0.15) is 11.2 Å². The molecule has 1 saturated heterocycles. The van der Waals surface area contributed by atoms with Gasteiger partial charge in [0, 0.05) is 13.1 Å². The van der Waals surface area contributed by atoms with Crippen LogP contribution in [-0.2, 0) is 11.2 Å². The van der Waals surface area contributed by atoms with Crippen molar-refractivity contribution >= 4 is 11.9 Å². The van der Waals surface area contributed by atoms with Crippen LogP contribution in [-0.4, -0.2) is 51.3 Å². The zero-order chi connectivity index (χ0) is 19.6. The molecule has 0 saturated carbocycles. The quantitative estimate of drug-likeness (QED) is 0.768. The number of aliphatic hydroxyl groups is 1. The summed E-state index contributed by atoms with van der Waals surface area (Å²) in [6, 6.07) is 13.8. The maximum Gasteiger partial charge on any atom is 0.314 e. The van der Waals surface area contributed by atoms with Crippen molar-refractivity contribution in [3.8, 4) is 5.75 Å². The van der Waals surface area contributed by atoms with Gasteiger partial charge >= 0.3 is 5.97 Å². The Bertz CT molecular complexity index is 851. The molecule has 0 aromatic heterocycles. The van der Waals surface area contributed by atoms with Crippen LogP contribution in [0.3, 0.4) is 0 Å². The highest BCUT2D eigenvalue weighted by Crippen LogP contribution is 2.36. The molecule has 27 heavy (non-hydrogen) atoms. The number of carboxylic acid groups (broad SMARTS) is 1. The van der Waals surface area contributed by atoms with Crippen LogP contribution in [0, 0.1) is 12.3 Å². The molecule has 1 heterocycles. The number of aromatic hydroxyl groups is 1. The summed E-state index contributed by atoms with van der Waals surface area (Å²) in [4.78, 5) is 26.5. The van der Waals surface area contributed by atoms with Crippen molar-refractivity contribution < 1.29 is 24.9 Å². The van der Waals surface area contributed by atoms with E-state index in [0.29, 0.717) is 0 Å². The van der Waals surface area contributed by atoms with Gasteiger partial charge in [-0.15, -0.1) is 0 Å². The van der Waals surface area contributed by atoms with Gasteiger partial charge in [-0.25, -0.2) is 0 Å². The second-order valence-corrected chi connectivity index (χ2v) is 7.18. The first-order chi connectivity index (χ1) is 12.8. The smallest absolute Gasteiger partial charge is 0.314 e. The van der Waals surface area contributed by atoms with Crippen molar-refractivity contribution in [2.75, 3.05) is 13.1 Å². The number of nitrogens with zero attached hydrogens (tertiary/aromatic N) is 1. The topological polar surface area (TPSA) is 98.1 Å². The Morgan fingerprint density at radius 1 is 1.19 bits per heavy atom. The minimum absolute atomic E-state index is 0.119. The lowest BCUT2D eigenvalue weighted by atomic mass is 9.72. The summed E-state index contributed by atoms with van der Waals surface area (Å²) in [7, 11) is 0. The van der Waals surface area contributed by atoms with E-state index in [4.69, 9.17) is 0 Å². The number of benzene rings is 2. The van der Waals surface area contributed by atoms with E-state index in [-0.39, 0.29) is 37.2 Å². The van der Waals surface area contributed by atoms with Gasteiger partial charge in [0.25, 0.3) is 5.91 Å². The number of carbonyl (C=O) groups excluding carboxylic acids is 1. The molecular formula is C21H23NO5. The third-order valence-electron chi connectivity index (χ3n) is 5.24. The van der Waals surface area contributed by atoms with E-state index in [1.165, 1.54) is 17.0 Å². The maximum absolute atomic E-state index is 12.9. The Hall–Kier alpha value is -2.86. The number of phenols is 1. The van der Waals surface area contributed by atoms with E-state index in [9.17, 15) is 24.9 Å². The predicted octanol–water partition coefficient (Wildman–Crippen LogP) is 2.22. The normalized spacial score (nSPS) is 22.4. The summed E-state index contributed by atoms with van der Waals surface area (Å²) in [5, 5.41) is 30.6. The van der Waals surface area contributed by atoms with Crippen LogP contribution in [0.5, 0.6) is 5.75 Å². The molecule has 0 aliphatic carbocycles. The summed E-state index contributed by atoms with van der Waals surface area (Å²) >= 11 is 0. The SMILES string of the molecule is Cc1ccc(C(=O)N2CC[C@H](O)[C@](Cc3ccccc3)(C(=O)O)C2)c(O)c1. The average molecular weight is 369 g/mol. The molecule has 1 aliphatic rings. The highest BCUT2D eigenvalue weighted by Gasteiger charge is 2.50. The van der Waals surface area contributed by atoms with Gasteiger partial charge in [0.2, 0.25) is 0 Å². The zero-order valence-corrected chi connectivity index (χ0v) is 15.1. The van der Waals surface area contributed by atoms with Crippen molar-refractivity contribution in [1.82, 2.24) is 4.90 Å².